The molecule has 196 valence electrons. The largest absolute Gasteiger partial charge is 0.454 e. The van der Waals surface area contributed by atoms with Crippen molar-refractivity contribution in [1.29, 1.82) is 0 Å². The van der Waals surface area contributed by atoms with Crippen molar-refractivity contribution in [3.63, 3.8) is 0 Å². The highest BCUT2D eigenvalue weighted by Gasteiger charge is 2.33. The fourth-order valence-corrected chi connectivity index (χ4v) is 5.00. The number of aryl methyl sites for hydroxylation is 1. The molecule has 1 atom stereocenters. The van der Waals surface area contributed by atoms with E-state index in [9.17, 15) is 18.0 Å². The maximum Gasteiger partial charge on any atom is 0.244 e. The first-order chi connectivity index (χ1) is 17.1. The van der Waals surface area contributed by atoms with Crippen LogP contribution in [0.15, 0.2) is 42.5 Å². The number of carbonyl (C=O) groups is 2. The fraction of sp³-hybridized carbons (Fsp3) is 0.462. The minimum absolute atomic E-state index is 0.0473. The number of benzene rings is 2. The lowest BCUT2D eigenvalue weighted by Gasteiger charge is -2.33. The molecule has 9 nitrogen and oxygen atoms in total. The molecule has 3 rings (SSSR count). The summed E-state index contributed by atoms with van der Waals surface area (Å²) in [4.78, 5) is 28.3. The number of rotatable bonds is 11. The molecular formula is C26H35N3O6S. The van der Waals surface area contributed by atoms with Gasteiger partial charge in [0.05, 0.1) is 11.4 Å². The number of sulfonamides is 1. The van der Waals surface area contributed by atoms with Gasteiger partial charge in [-0.3, -0.25) is 13.9 Å². The van der Waals surface area contributed by atoms with Gasteiger partial charge in [0.1, 0.15) is 12.6 Å². The molecule has 0 bridgehead atoms. The van der Waals surface area contributed by atoms with Gasteiger partial charge in [0.2, 0.25) is 28.6 Å². The number of amides is 2. The van der Waals surface area contributed by atoms with E-state index in [-0.39, 0.29) is 31.0 Å². The van der Waals surface area contributed by atoms with Gasteiger partial charge in [-0.2, -0.15) is 0 Å². The first-order valence-corrected chi connectivity index (χ1v) is 13.7. The van der Waals surface area contributed by atoms with Gasteiger partial charge in [-0.1, -0.05) is 36.8 Å². The summed E-state index contributed by atoms with van der Waals surface area (Å²) in [7, 11) is -3.82. The van der Waals surface area contributed by atoms with Crippen LogP contribution in [0.3, 0.4) is 0 Å². The predicted molar refractivity (Wildman–Crippen MR) is 138 cm³/mol. The lowest BCUT2D eigenvalue weighted by atomic mass is 10.1. The molecule has 1 N–H and O–H groups in total. The Balaban J connectivity index is 1.97. The third-order valence-corrected chi connectivity index (χ3v) is 7.66. The Hall–Kier alpha value is -3.27. The summed E-state index contributed by atoms with van der Waals surface area (Å²) in [6.07, 6.45) is 0.376. The molecule has 1 heterocycles. The SMILES string of the molecule is CC[C@@H](C(=O)NC(C)C)N(Cc1ccc(C)cc1)C(=O)CN(c1ccc2c(c1)OCO2)S(=O)(=O)CC. The van der Waals surface area contributed by atoms with Crippen LogP contribution in [0.4, 0.5) is 5.69 Å². The average Bonchev–Trinajstić information content (AvgIpc) is 3.31. The molecule has 10 heteroatoms. The molecule has 0 radical (unpaired) electrons. The smallest absolute Gasteiger partial charge is 0.244 e. The predicted octanol–water partition coefficient (Wildman–Crippen LogP) is 3.21. The van der Waals surface area contributed by atoms with E-state index in [0.717, 1.165) is 15.4 Å². The monoisotopic (exact) mass is 517 g/mol. The lowest BCUT2D eigenvalue weighted by molar-refractivity contribution is -0.140. The highest BCUT2D eigenvalue weighted by atomic mass is 32.2. The lowest BCUT2D eigenvalue weighted by Crippen LogP contribution is -2.53. The van der Waals surface area contributed by atoms with E-state index >= 15 is 0 Å². The van der Waals surface area contributed by atoms with E-state index in [0.29, 0.717) is 23.6 Å². The van der Waals surface area contributed by atoms with Gasteiger partial charge < -0.3 is 19.7 Å². The molecule has 1 aliphatic rings. The number of fused-ring (bicyclic) bond motifs is 1. The number of hydrogen-bond donors (Lipinski definition) is 1. The summed E-state index contributed by atoms with van der Waals surface area (Å²) in [5.41, 5.74) is 2.21. The summed E-state index contributed by atoms with van der Waals surface area (Å²) < 4.78 is 38.0. The molecular weight excluding hydrogens is 482 g/mol. The Kier molecular flexibility index (Phi) is 8.84. The van der Waals surface area contributed by atoms with Gasteiger partial charge in [-0.25, -0.2) is 8.42 Å². The molecule has 0 unspecified atom stereocenters. The zero-order chi connectivity index (χ0) is 26.5. The van der Waals surface area contributed by atoms with Crippen molar-refractivity contribution in [1.82, 2.24) is 10.2 Å². The van der Waals surface area contributed by atoms with Crippen LogP contribution in [0, 0.1) is 6.92 Å². The van der Waals surface area contributed by atoms with Gasteiger partial charge in [-0.15, -0.1) is 0 Å². The molecule has 0 saturated heterocycles. The van der Waals surface area contributed by atoms with E-state index in [1.807, 2.05) is 52.0 Å². The number of carbonyl (C=O) groups excluding carboxylic acids is 2. The molecule has 0 aromatic heterocycles. The molecule has 2 amide bonds. The van der Waals surface area contributed by atoms with Crippen LogP contribution in [0.2, 0.25) is 0 Å². The molecule has 36 heavy (non-hydrogen) atoms. The molecule has 0 saturated carbocycles. The second kappa shape index (κ2) is 11.6. The Morgan fingerprint density at radius 3 is 2.31 bits per heavy atom. The number of nitrogens with one attached hydrogen (secondary N) is 1. The number of nitrogens with zero attached hydrogens (tertiary/aromatic N) is 2. The summed E-state index contributed by atoms with van der Waals surface area (Å²) >= 11 is 0. The van der Waals surface area contributed by atoms with E-state index < -0.39 is 28.5 Å². The summed E-state index contributed by atoms with van der Waals surface area (Å²) in [5.74, 6) is -0.0265. The topological polar surface area (TPSA) is 105 Å². The molecule has 0 fully saturated rings. The van der Waals surface area contributed by atoms with Crippen molar-refractivity contribution >= 4 is 27.5 Å². The van der Waals surface area contributed by atoms with Crippen LogP contribution >= 0.6 is 0 Å². The van der Waals surface area contributed by atoms with E-state index in [1.54, 1.807) is 18.2 Å². The second-order valence-electron chi connectivity index (χ2n) is 9.04. The van der Waals surface area contributed by atoms with Crippen molar-refractivity contribution in [2.45, 2.75) is 59.7 Å². The van der Waals surface area contributed by atoms with Crippen LogP contribution < -0.4 is 19.1 Å². The fourth-order valence-electron chi connectivity index (χ4n) is 3.95. The van der Waals surface area contributed by atoms with Crippen molar-refractivity contribution in [3.05, 3.63) is 53.6 Å². The third-order valence-electron chi connectivity index (χ3n) is 5.91. The normalized spacial score (nSPS) is 13.4. The van der Waals surface area contributed by atoms with E-state index in [4.69, 9.17) is 9.47 Å². The molecule has 1 aliphatic heterocycles. The highest BCUT2D eigenvalue weighted by Crippen LogP contribution is 2.36. The summed E-state index contributed by atoms with van der Waals surface area (Å²) in [6.45, 7) is 8.80. The minimum Gasteiger partial charge on any atom is -0.454 e. The highest BCUT2D eigenvalue weighted by molar-refractivity contribution is 7.92. The molecule has 0 spiro atoms. The van der Waals surface area contributed by atoms with Crippen LogP contribution in [0.5, 0.6) is 11.5 Å². The van der Waals surface area contributed by atoms with Crippen LogP contribution in [0.1, 0.15) is 45.2 Å². The van der Waals surface area contributed by atoms with Crippen LogP contribution in [0.25, 0.3) is 0 Å². The molecule has 2 aromatic carbocycles. The first kappa shape index (κ1) is 27.3. The van der Waals surface area contributed by atoms with Gasteiger partial charge >= 0.3 is 0 Å². The Morgan fingerprint density at radius 2 is 1.69 bits per heavy atom. The van der Waals surface area contributed by atoms with Crippen molar-refractivity contribution in [2.24, 2.45) is 0 Å². The Bertz CT molecular complexity index is 1180. The third kappa shape index (κ3) is 6.48. The zero-order valence-corrected chi connectivity index (χ0v) is 22.3. The van der Waals surface area contributed by atoms with Gasteiger partial charge in [0.15, 0.2) is 11.5 Å². The van der Waals surface area contributed by atoms with Crippen molar-refractivity contribution in [3.8, 4) is 11.5 Å². The van der Waals surface area contributed by atoms with Crippen LogP contribution in [-0.2, 0) is 26.2 Å². The Labute approximate surface area is 213 Å². The van der Waals surface area contributed by atoms with Gasteiger partial charge in [-0.05, 0) is 51.8 Å². The number of anilines is 1. The number of ether oxygens (including phenoxy) is 2. The minimum atomic E-state index is -3.82. The zero-order valence-electron chi connectivity index (χ0n) is 21.5. The quantitative estimate of drug-likeness (QED) is 0.491. The first-order valence-electron chi connectivity index (χ1n) is 12.1. The van der Waals surface area contributed by atoms with Gasteiger partial charge in [0.25, 0.3) is 0 Å². The average molecular weight is 518 g/mol. The molecule has 0 aliphatic carbocycles. The maximum absolute atomic E-state index is 13.8. The van der Waals surface area contributed by atoms with E-state index in [2.05, 4.69) is 5.32 Å². The van der Waals surface area contributed by atoms with Crippen LogP contribution in [-0.4, -0.2) is 56.3 Å². The maximum atomic E-state index is 13.8. The summed E-state index contributed by atoms with van der Waals surface area (Å²) in [5, 5.41) is 2.88. The van der Waals surface area contributed by atoms with E-state index in [1.165, 1.54) is 11.8 Å². The number of hydrogen-bond acceptors (Lipinski definition) is 6. The summed E-state index contributed by atoms with van der Waals surface area (Å²) in [6, 6.07) is 11.6. The second-order valence-corrected chi connectivity index (χ2v) is 11.2. The van der Waals surface area contributed by atoms with Crippen molar-refractivity contribution < 1.29 is 27.5 Å². The van der Waals surface area contributed by atoms with Gasteiger partial charge in [0, 0.05) is 18.7 Å². The van der Waals surface area contributed by atoms with Crippen molar-refractivity contribution in [2.75, 3.05) is 23.4 Å². The standard InChI is InChI=1S/C26H35N3O6S/c1-6-22(26(31)27-18(3)4)28(15-20-10-8-19(5)9-11-20)25(30)16-29(36(32,33)7-2)21-12-13-23-24(14-21)35-17-34-23/h8-14,18,22H,6-7,15-17H2,1-5H3,(H,27,31)/t22-/m0/s1. The molecule has 2 aromatic rings. The Morgan fingerprint density at radius 1 is 1.03 bits per heavy atom.